The SMILES string of the molecule is CC(O)c1ccccc1NC(C1CC1)C1CC1. The Morgan fingerprint density at radius 2 is 1.71 bits per heavy atom. The van der Waals surface area contributed by atoms with E-state index in [1.54, 1.807) is 0 Å². The lowest BCUT2D eigenvalue weighted by Crippen LogP contribution is -2.25. The molecule has 2 fully saturated rings. The molecule has 3 rings (SSSR count). The number of para-hydroxylation sites is 1. The molecule has 0 aromatic heterocycles. The summed E-state index contributed by atoms with van der Waals surface area (Å²) in [5, 5.41) is 13.5. The van der Waals surface area contributed by atoms with Crippen molar-refractivity contribution in [2.24, 2.45) is 11.8 Å². The summed E-state index contributed by atoms with van der Waals surface area (Å²) in [4.78, 5) is 0. The Labute approximate surface area is 103 Å². The summed E-state index contributed by atoms with van der Waals surface area (Å²) in [6, 6.07) is 8.81. The molecule has 2 saturated carbocycles. The van der Waals surface area contributed by atoms with Gasteiger partial charge in [-0.3, -0.25) is 0 Å². The van der Waals surface area contributed by atoms with Crippen LogP contribution in [0.15, 0.2) is 24.3 Å². The van der Waals surface area contributed by atoms with Crippen molar-refractivity contribution in [3.63, 3.8) is 0 Å². The fourth-order valence-electron chi connectivity index (χ4n) is 2.70. The third-order valence-electron chi connectivity index (χ3n) is 3.99. The van der Waals surface area contributed by atoms with Gasteiger partial charge < -0.3 is 10.4 Å². The lowest BCUT2D eigenvalue weighted by atomic mass is 10.0. The average Bonchev–Trinajstić information content (AvgIpc) is 3.16. The van der Waals surface area contributed by atoms with Crippen LogP contribution < -0.4 is 5.32 Å². The van der Waals surface area contributed by atoms with Crippen LogP contribution in [0.3, 0.4) is 0 Å². The molecule has 0 radical (unpaired) electrons. The second kappa shape index (κ2) is 4.34. The van der Waals surface area contributed by atoms with Gasteiger partial charge in [-0.2, -0.15) is 0 Å². The summed E-state index contributed by atoms with van der Waals surface area (Å²) in [7, 11) is 0. The summed E-state index contributed by atoms with van der Waals surface area (Å²) in [5.74, 6) is 1.76. The summed E-state index contributed by atoms with van der Waals surface area (Å²) in [5.41, 5.74) is 2.16. The number of aliphatic hydroxyl groups excluding tert-OH is 1. The molecule has 2 nitrogen and oxygen atoms in total. The van der Waals surface area contributed by atoms with Crippen molar-refractivity contribution in [3.05, 3.63) is 29.8 Å². The highest BCUT2D eigenvalue weighted by atomic mass is 16.3. The van der Waals surface area contributed by atoms with Gasteiger partial charge in [-0.25, -0.2) is 0 Å². The Morgan fingerprint density at radius 1 is 1.12 bits per heavy atom. The van der Waals surface area contributed by atoms with Crippen LogP contribution in [0.4, 0.5) is 5.69 Å². The first-order valence-electron chi connectivity index (χ1n) is 6.79. The van der Waals surface area contributed by atoms with Crippen LogP contribution in [0.1, 0.15) is 44.3 Å². The molecule has 0 aliphatic heterocycles. The third kappa shape index (κ3) is 2.47. The van der Waals surface area contributed by atoms with E-state index in [4.69, 9.17) is 0 Å². The van der Waals surface area contributed by atoms with E-state index in [0.717, 1.165) is 23.1 Å². The van der Waals surface area contributed by atoms with E-state index in [0.29, 0.717) is 6.04 Å². The molecule has 0 amide bonds. The Balaban J connectivity index is 1.78. The zero-order chi connectivity index (χ0) is 11.8. The normalized spacial score (nSPS) is 21.6. The van der Waals surface area contributed by atoms with Crippen LogP contribution in [0.2, 0.25) is 0 Å². The molecule has 17 heavy (non-hydrogen) atoms. The van der Waals surface area contributed by atoms with E-state index in [1.807, 2.05) is 25.1 Å². The zero-order valence-corrected chi connectivity index (χ0v) is 10.4. The third-order valence-corrected chi connectivity index (χ3v) is 3.99. The molecule has 1 aromatic rings. The van der Waals surface area contributed by atoms with Gasteiger partial charge in [0.1, 0.15) is 0 Å². The van der Waals surface area contributed by atoms with Crippen molar-refractivity contribution >= 4 is 5.69 Å². The van der Waals surface area contributed by atoms with E-state index in [9.17, 15) is 5.11 Å². The molecule has 0 spiro atoms. The van der Waals surface area contributed by atoms with E-state index >= 15 is 0 Å². The first-order chi connectivity index (χ1) is 8.25. The van der Waals surface area contributed by atoms with Gasteiger partial charge in [0.2, 0.25) is 0 Å². The molecule has 0 bridgehead atoms. The Kier molecular flexibility index (Phi) is 2.83. The van der Waals surface area contributed by atoms with Crippen molar-refractivity contribution in [2.75, 3.05) is 5.32 Å². The molecule has 1 atom stereocenters. The van der Waals surface area contributed by atoms with Crippen LogP contribution in [0.25, 0.3) is 0 Å². The standard InChI is InChI=1S/C15H21NO/c1-10(17)13-4-2-3-5-14(13)16-15(11-6-7-11)12-8-9-12/h2-5,10-12,15-17H,6-9H2,1H3. The highest BCUT2D eigenvalue weighted by Gasteiger charge is 2.41. The Bertz CT molecular complexity index is 382. The van der Waals surface area contributed by atoms with Gasteiger partial charge in [0.25, 0.3) is 0 Å². The van der Waals surface area contributed by atoms with Crippen molar-refractivity contribution < 1.29 is 5.11 Å². The Hall–Kier alpha value is -1.02. The largest absolute Gasteiger partial charge is 0.389 e. The Morgan fingerprint density at radius 3 is 2.24 bits per heavy atom. The predicted octanol–water partition coefficient (Wildman–Crippen LogP) is 3.34. The summed E-state index contributed by atoms with van der Waals surface area (Å²) in [6.07, 6.45) is 5.13. The minimum atomic E-state index is -0.391. The van der Waals surface area contributed by atoms with Gasteiger partial charge in [0, 0.05) is 17.3 Å². The molecular formula is C15H21NO. The van der Waals surface area contributed by atoms with Gasteiger partial charge in [-0.15, -0.1) is 0 Å². The maximum Gasteiger partial charge on any atom is 0.0781 e. The number of aliphatic hydroxyl groups is 1. The van der Waals surface area contributed by atoms with Gasteiger partial charge in [-0.1, -0.05) is 18.2 Å². The molecule has 0 heterocycles. The van der Waals surface area contributed by atoms with Crippen LogP contribution >= 0.6 is 0 Å². The number of nitrogens with one attached hydrogen (secondary N) is 1. The van der Waals surface area contributed by atoms with Crippen LogP contribution in [0.5, 0.6) is 0 Å². The number of hydrogen-bond acceptors (Lipinski definition) is 2. The van der Waals surface area contributed by atoms with E-state index in [2.05, 4.69) is 11.4 Å². The van der Waals surface area contributed by atoms with E-state index in [-0.39, 0.29) is 0 Å². The minimum Gasteiger partial charge on any atom is -0.389 e. The first-order valence-corrected chi connectivity index (χ1v) is 6.79. The van der Waals surface area contributed by atoms with Gasteiger partial charge in [0.05, 0.1) is 6.10 Å². The number of benzene rings is 1. The number of anilines is 1. The molecule has 92 valence electrons. The fourth-order valence-corrected chi connectivity index (χ4v) is 2.70. The van der Waals surface area contributed by atoms with Gasteiger partial charge >= 0.3 is 0 Å². The summed E-state index contributed by atoms with van der Waals surface area (Å²) in [6.45, 7) is 1.84. The number of hydrogen-bond donors (Lipinski definition) is 2. The smallest absolute Gasteiger partial charge is 0.0781 e. The molecule has 2 aliphatic carbocycles. The monoisotopic (exact) mass is 231 g/mol. The average molecular weight is 231 g/mol. The van der Waals surface area contributed by atoms with Gasteiger partial charge in [0.15, 0.2) is 0 Å². The number of rotatable bonds is 5. The molecule has 1 unspecified atom stereocenters. The quantitative estimate of drug-likeness (QED) is 0.814. The van der Waals surface area contributed by atoms with Crippen molar-refractivity contribution in [1.82, 2.24) is 0 Å². The van der Waals surface area contributed by atoms with Crippen molar-refractivity contribution in [1.29, 1.82) is 0 Å². The maximum atomic E-state index is 9.79. The highest BCUT2D eigenvalue weighted by Crippen LogP contribution is 2.46. The molecule has 2 aliphatic rings. The summed E-state index contributed by atoms with van der Waals surface area (Å²) < 4.78 is 0. The topological polar surface area (TPSA) is 32.3 Å². The highest BCUT2D eigenvalue weighted by molar-refractivity contribution is 5.53. The summed E-state index contributed by atoms with van der Waals surface area (Å²) >= 11 is 0. The van der Waals surface area contributed by atoms with E-state index < -0.39 is 6.10 Å². The fraction of sp³-hybridized carbons (Fsp3) is 0.600. The predicted molar refractivity (Wildman–Crippen MR) is 69.9 cm³/mol. The second-order valence-electron chi connectivity index (χ2n) is 5.61. The van der Waals surface area contributed by atoms with Crippen molar-refractivity contribution in [2.45, 2.75) is 44.8 Å². The molecular weight excluding hydrogens is 210 g/mol. The zero-order valence-electron chi connectivity index (χ0n) is 10.4. The molecule has 0 saturated heterocycles. The second-order valence-corrected chi connectivity index (χ2v) is 5.61. The maximum absolute atomic E-state index is 9.79. The first kappa shape index (κ1) is 11.1. The molecule has 2 heteroatoms. The van der Waals surface area contributed by atoms with E-state index in [1.165, 1.54) is 25.7 Å². The molecule has 2 N–H and O–H groups in total. The minimum absolute atomic E-state index is 0.391. The van der Waals surface area contributed by atoms with Crippen LogP contribution in [-0.4, -0.2) is 11.1 Å². The molecule has 1 aromatic carbocycles. The van der Waals surface area contributed by atoms with Crippen LogP contribution in [0, 0.1) is 11.8 Å². The lowest BCUT2D eigenvalue weighted by molar-refractivity contribution is 0.200. The van der Waals surface area contributed by atoms with Crippen LogP contribution in [-0.2, 0) is 0 Å². The van der Waals surface area contributed by atoms with Gasteiger partial charge in [-0.05, 0) is 50.5 Å². The lowest BCUT2D eigenvalue weighted by Gasteiger charge is -2.22. The van der Waals surface area contributed by atoms with Crippen molar-refractivity contribution in [3.8, 4) is 0 Å².